The number of nitro groups is 1. The van der Waals surface area contributed by atoms with Crippen LogP contribution in [0.2, 0.25) is 0 Å². The molecular formula is C24H23N3O4S. The highest BCUT2D eigenvalue weighted by Crippen LogP contribution is 2.26. The highest BCUT2D eigenvalue weighted by Gasteiger charge is 2.16. The smallest absolute Gasteiger partial charge is 0.270 e. The Bertz CT molecular complexity index is 1140. The van der Waals surface area contributed by atoms with Gasteiger partial charge < -0.3 is 10.6 Å². The third-order valence-electron chi connectivity index (χ3n) is 4.60. The fourth-order valence-corrected chi connectivity index (χ4v) is 4.00. The molecule has 0 radical (unpaired) electrons. The van der Waals surface area contributed by atoms with Crippen molar-refractivity contribution in [3.8, 4) is 0 Å². The number of thioether (sulfide) groups is 1. The van der Waals surface area contributed by atoms with Gasteiger partial charge in [-0.15, -0.1) is 11.8 Å². The zero-order valence-electron chi connectivity index (χ0n) is 17.9. The van der Waals surface area contributed by atoms with Crippen LogP contribution < -0.4 is 10.6 Å². The number of hydrogen-bond acceptors (Lipinski definition) is 5. The normalized spacial score (nSPS) is 11.5. The number of carbonyl (C=O) groups excluding carboxylic acids is 2. The number of aryl methyl sites for hydroxylation is 2. The summed E-state index contributed by atoms with van der Waals surface area (Å²) in [6, 6.07) is 18.5. The van der Waals surface area contributed by atoms with E-state index < -0.39 is 10.8 Å². The van der Waals surface area contributed by atoms with E-state index in [1.165, 1.54) is 36.0 Å². The van der Waals surface area contributed by atoms with Crippen LogP contribution in [0.25, 0.3) is 0 Å². The molecule has 1 atom stereocenters. The molecular weight excluding hydrogens is 426 g/mol. The van der Waals surface area contributed by atoms with Crippen molar-refractivity contribution in [2.45, 2.75) is 30.9 Å². The molecule has 8 heteroatoms. The third-order valence-corrected chi connectivity index (χ3v) is 5.71. The summed E-state index contributed by atoms with van der Waals surface area (Å²) in [6.45, 7) is 5.81. The molecule has 2 amide bonds. The van der Waals surface area contributed by atoms with Crippen molar-refractivity contribution in [1.82, 2.24) is 0 Å². The van der Waals surface area contributed by atoms with E-state index in [9.17, 15) is 19.7 Å². The monoisotopic (exact) mass is 449 g/mol. The maximum Gasteiger partial charge on any atom is 0.270 e. The standard InChI is InChI=1S/C24H23N3O4S/c1-15-11-16(2)13-20(12-15)26-23(28)17(3)32-22-9-7-19(8-10-22)25-24(29)18-5-4-6-21(14-18)27(30)31/h4-14,17H,1-3H3,(H,25,29)(H,26,28). The molecule has 0 aliphatic heterocycles. The Hall–Kier alpha value is -3.65. The SMILES string of the molecule is Cc1cc(C)cc(NC(=O)C(C)Sc2ccc(NC(=O)c3cccc([N+](=O)[O-])c3)cc2)c1. The molecule has 0 saturated heterocycles. The Morgan fingerprint density at radius 3 is 2.19 bits per heavy atom. The van der Waals surface area contributed by atoms with E-state index in [2.05, 4.69) is 10.6 Å². The summed E-state index contributed by atoms with van der Waals surface area (Å²) in [7, 11) is 0. The second kappa shape index (κ2) is 10.1. The first kappa shape index (κ1) is 23.0. The van der Waals surface area contributed by atoms with Crippen molar-refractivity contribution >= 4 is 40.6 Å². The highest BCUT2D eigenvalue weighted by molar-refractivity contribution is 8.00. The van der Waals surface area contributed by atoms with E-state index in [1.54, 1.807) is 12.1 Å². The lowest BCUT2D eigenvalue weighted by atomic mass is 10.1. The van der Waals surface area contributed by atoms with Gasteiger partial charge in [0, 0.05) is 34.0 Å². The van der Waals surface area contributed by atoms with Gasteiger partial charge in [-0.2, -0.15) is 0 Å². The molecule has 0 heterocycles. The average molecular weight is 450 g/mol. The summed E-state index contributed by atoms with van der Waals surface area (Å²) in [5.74, 6) is -0.529. The predicted octanol–water partition coefficient (Wildman–Crippen LogP) is 5.58. The Labute approximate surface area is 190 Å². The molecule has 0 fully saturated rings. The molecule has 1 unspecified atom stereocenters. The highest BCUT2D eigenvalue weighted by atomic mass is 32.2. The number of rotatable bonds is 7. The molecule has 3 rings (SSSR count). The maximum absolute atomic E-state index is 12.5. The first-order valence-electron chi connectivity index (χ1n) is 9.93. The van der Waals surface area contributed by atoms with Gasteiger partial charge >= 0.3 is 0 Å². The van der Waals surface area contributed by atoms with Crippen LogP contribution in [0, 0.1) is 24.0 Å². The van der Waals surface area contributed by atoms with E-state index in [0.29, 0.717) is 5.69 Å². The first-order chi connectivity index (χ1) is 15.2. The van der Waals surface area contributed by atoms with E-state index in [-0.39, 0.29) is 22.4 Å². The van der Waals surface area contributed by atoms with Crippen molar-refractivity contribution < 1.29 is 14.5 Å². The van der Waals surface area contributed by atoms with Crippen LogP contribution in [-0.2, 0) is 4.79 Å². The van der Waals surface area contributed by atoms with Gasteiger partial charge in [-0.3, -0.25) is 19.7 Å². The van der Waals surface area contributed by atoms with Crippen LogP contribution >= 0.6 is 11.8 Å². The molecule has 0 bridgehead atoms. The van der Waals surface area contributed by atoms with Crippen molar-refractivity contribution in [2.75, 3.05) is 10.6 Å². The van der Waals surface area contributed by atoms with E-state index >= 15 is 0 Å². The molecule has 0 aliphatic rings. The molecule has 2 N–H and O–H groups in total. The third kappa shape index (κ3) is 6.18. The Balaban J connectivity index is 1.59. The number of nitrogens with one attached hydrogen (secondary N) is 2. The summed E-state index contributed by atoms with van der Waals surface area (Å²) in [4.78, 5) is 36.1. The maximum atomic E-state index is 12.5. The molecule has 0 aromatic heterocycles. The van der Waals surface area contributed by atoms with Gasteiger partial charge in [0.1, 0.15) is 0 Å². The van der Waals surface area contributed by atoms with Gasteiger partial charge in [0.2, 0.25) is 5.91 Å². The second-order valence-corrected chi connectivity index (χ2v) is 8.83. The van der Waals surface area contributed by atoms with Crippen LogP contribution in [0.3, 0.4) is 0 Å². The number of benzene rings is 3. The van der Waals surface area contributed by atoms with Gasteiger partial charge in [-0.1, -0.05) is 12.1 Å². The summed E-state index contributed by atoms with van der Waals surface area (Å²) in [5.41, 5.74) is 3.57. The van der Waals surface area contributed by atoms with Gasteiger partial charge in [0.15, 0.2) is 0 Å². The topological polar surface area (TPSA) is 101 Å². The zero-order chi connectivity index (χ0) is 23.3. The molecule has 0 spiro atoms. The number of hydrogen-bond donors (Lipinski definition) is 2. The van der Waals surface area contributed by atoms with Crippen LogP contribution in [-0.4, -0.2) is 22.0 Å². The first-order valence-corrected chi connectivity index (χ1v) is 10.8. The van der Waals surface area contributed by atoms with Gasteiger partial charge in [-0.25, -0.2) is 0 Å². The lowest BCUT2D eigenvalue weighted by Crippen LogP contribution is -2.22. The van der Waals surface area contributed by atoms with E-state index in [4.69, 9.17) is 0 Å². The fourth-order valence-electron chi connectivity index (χ4n) is 3.13. The molecule has 32 heavy (non-hydrogen) atoms. The van der Waals surface area contributed by atoms with E-state index in [1.807, 2.05) is 51.1 Å². The minimum atomic E-state index is -0.541. The lowest BCUT2D eigenvalue weighted by Gasteiger charge is -2.13. The summed E-state index contributed by atoms with van der Waals surface area (Å²) in [5, 5.41) is 16.2. The quantitative estimate of drug-likeness (QED) is 0.278. The minimum Gasteiger partial charge on any atom is -0.325 e. The molecule has 7 nitrogen and oxygen atoms in total. The van der Waals surface area contributed by atoms with Crippen molar-refractivity contribution in [3.05, 3.63) is 93.5 Å². The zero-order valence-corrected chi connectivity index (χ0v) is 18.7. The number of amides is 2. The molecule has 0 saturated carbocycles. The van der Waals surface area contributed by atoms with Gasteiger partial charge in [-0.05, 0) is 74.4 Å². The average Bonchev–Trinajstić information content (AvgIpc) is 2.74. The molecule has 164 valence electrons. The minimum absolute atomic E-state index is 0.0944. The largest absolute Gasteiger partial charge is 0.325 e. The Kier molecular flexibility index (Phi) is 7.27. The fraction of sp³-hybridized carbons (Fsp3) is 0.167. The van der Waals surface area contributed by atoms with Crippen molar-refractivity contribution in [2.24, 2.45) is 0 Å². The van der Waals surface area contributed by atoms with Crippen molar-refractivity contribution in [3.63, 3.8) is 0 Å². The summed E-state index contributed by atoms with van der Waals surface area (Å²) < 4.78 is 0. The van der Waals surface area contributed by atoms with Crippen LogP contribution in [0.15, 0.2) is 71.6 Å². The predicted molar refractivity (Wildman–Crippen MR) is 127 cm³/mol. The number of nitro benzene ring substituents is 1. The van der Waals surface area contributed by atoms with Crippen LogP contribution in [0.1, 0.15) is 28.4 Å². The number of carbonyl (C=O) groups is 2. The van der Waals surface area contributed by atoms with Crippen molar-refractivity contribution in [1.29, 1.82) is 0 Å². The number of non-ortho nitro benzene ring substituents is 1. The Morgan fingerprint density at radius 2 is 1.56 bits per heavy atom. The Morgan fingerprint density at radius 1 is 0.906 bits per heavy atom. The molecule has 0 aliphatic carbocycles. The second-order valence-electron chi connectivity index (χ2n) is 7.41. The van der Waals surface area contributed by atoms with Crippen LogP contribution in [0.5, 0.6) is 0 Å². The number of nitrogens with zero attached hydrogens (tertiary/aromatic N) is 1. The molecule has 3 aromatic carbocycles. The lowest BCUT2D eigenvalue weighted by molar-refractivity contribution is -0.384. The van der Waals surface area contributed by atoms with Gasteiger partial charge in [0.05, 0.1) is 10.2 Å². The van der Waals surface area contributed by atoms with E-state index in [0.717, 1.165) is 21.7 Å². The van der Waals surface area contributed by atoms with Crippen LogP contribution in [0.4, 0.5) is 17.1 Å². The van der Waals surface area contributed by atoms with Gasteiger partial charge in [0.25, 0.3) is 11.6 Å². The summed E-state index contributed by atoms with van der Waals surface area (Å²) >= 11 is 1.41. The molecule has 3 aromatic rings. The summed E-state index contributed by atoms with van der Waals surface area (Å²) in [6.07, 6.45) is 0. The number of anilines is 2.